The second-order valence-corrected chi connectivity index (χ2v) is 7.79. The van der Waals surface area contributed by atoms with Crippen LogP contribution in [0.3, 0.4) is 0 Å². The highest BCUT2D eigenvalue weighted by Crippen LogP contribution is 2.27. The fourth-order valence-electron chi connectivity index (χ4n) is 3.56. The highest BCUT2D eigenvalue weighted by molar-refractivity contribution is 7.17. The van der Waals surface area contributed by atoms with Crippen molar-refractivity contribution in [3.63, 3.8) is 0 Å². The molecule has 7 nitrogen and oxygen atoms in total. The molecule has 4 aromatic rings. The van der Waals surface area contributed by atoms with E-state index in [1.807, 2.05) is 40.3 Å². The average Bonchev–Trinajstić information content (AvgIpc) is 3.34. The summed E-state index contributed by atoms with van der Waals surface area (Å²) in [5.74, 6) is -0.927. The van der Waals surface area contributed by atoms with E-state index in [4.69, 9.17) is 5.73 Å². The van der Waals surface area contributed by atoms with Gasteiger partial charge in [0.1, 0.15) is 11.4 Å². The second kappa shape index (κ2) is 7.56. The zero-order chi connectivity index (χ0) is 20.5. The summed E-state index contributed by atoms with van der Waals surface area (Å²) in [7, 11) is 1.63. The Morgan fingerprint density at radius 2 is 1.97 bits per heavy atom. The van der Waals surface area contributed by atoms with Gasteiger partial charge in [-0.1, -0.05) is 30.3 Å². The number of nitrogens with one attached hydrogen (secondary N) is 1. The molecule has 3 aromatic heterocycles. The van der Waals surface area contributed by atoms with Gasteiger partial charge in [-0.05, 0) is 36.4 Å². The van der Waals surface area contributed by atoms with Crippen LogP contribution in [0.2, 0.25) is 0 Å². The van der Waals surface area contributed by atoms with Crippen molar-refractivity contribution in [3.05, 3.63) is 70.5 Å². The Hall–Kier alpha value is -3.39. The Balaban J connectivity index is 1.66. The van der Waals surface area contributed by atoms with Crippen LogP contribution in [0.4, 0.5) is 5.69 Å². The maximum atomic E-state index is 13.1. The van der Waals surface area contributed by atoms with Crippen LogP contribution in [-0.2, 0) is 20.0 Å². The average molecular weight is 407 g/mol. The number of carbonyl (C=O) groups excluding carboxylic acids is 2. The summed E-state index contributed by atoms with van der Waals surface area (Å²) in [6.07, 6.45) is 0.805. The maximum absolute atomic E-state index is 13.1. The van der Waals surface area contributed by atoms with Crippen molar-refractivity contribution in [1.82, 2.24) is 14.3 Å². The summed E-state index contributed by atoms with van der Waals surface area (Å²) in [4.78, 5) is 24.9. The van der Waals surface area contributed by atoms with E-state index < -0.39 is 5.91 Å². The van der Waals surface area contributed by atoms with Crippen LogP contribution in [0.15, 0.2) is 47.8 Å². The Morgan fingerprint density at radius 3 is 2.69 bits per heavy atom. The van der Waals surface area contributed by atoms with Crippen LogP contribution in [0, 0.1) is 6.92 Å². The van der Waals surface area contributed by atoms with E-state index in [1.165, 1.54) is 10.2 Å². The van der Waals surface area contributed by atoms with Crippen molar-refractivity contribution in [2.24, 2.45) is 12.8 Å². The van der Waals surface area contributed by atoms with E-state index >= 15 is 0 Å². The molecule has 0 saturated heterocycles. The number of thiophene rings is 1. The molecule has 0 atom stereocenters. The van der Waals surface area contributed by atoms with Gasteiger partial charge in [0.15, 0.2) is 0 Å². The third kappa shape index (κ3) is 3.54. The zero-order valence-corrected chi connectivity index (χ0v) is 17.0. The lowest BCUT2D eigenvalue weighted by Crippen LogP contribution is -2.22. The van der Waals surface area contributed by atoms with Gasteiger partial charge in [-0.15, -0.1) is 11.3 Å². The van der Waals surface area contributed by atoms with Gasteiger partial charge >= 0.3 is 0 Å². The van der Waals surface area contributed by atoms with E-state index in [0.717, 1.165) is 16.6 Å². The summed E-state index contributed by atoms with van der Waals surface area (Å²) in [6, 6.07) is 14.1. The summed E-state index contributed by atoms with van der Waals surface area (Å²) in [5.41, 5.74) is 9.32. The summed E-state index contributed by atoms with van der Waals surface area (Å²) in [6.45, 7) is 2.40. The SMILES string of the molecule is Cc1nn(C)c(C(N)=O)c1NC(=O)c1cc2sccc2n1CCc1ccccc1. The van der Waals surface area contributed by atoms with Gasteiger partial charge in [-0.3, -0.25) is 14.3 Å². The lowest BCUT2D eigenvalue weighted by atomic mass is 10.1. The van der Waals surface area contributed by atoms with Crippen LogP contribution in [-0.4, -0.2) is 26.2 Å². The number of nitrogens with two attached hydrogens (primary N) is 1. The molecule has 148 valence electrons. The summed E-state index contributed by atoms with van der Waals surface area (Å²) < 4.78 is 4.45. The molecule has 0 aliphatic heterocycles. The van der Waals surface area contributed by atoms with E-state index in [9.17, 15) is 9.59 Å². The molecule has 3 N–H and O–H groups in total. The molecule has 0 spiro atoms. The Bertz CT molecular complexity index is 1200. The van der Waals surface area contributed by atoms with Crippen LogP contribution in [0.25, 0.3) is 10.2 Å². The fraction of sp³-hybridized carbons (Fsp3) is 0.190. The molecule has 0 radical (unpaired) electrons. The molecule has 0 fully saturated rings. The number of anilines is 1. The third-order valence-electron chi connectivity index (χ3n) is 4.92. The minimum Gasteiger partial charge on any atom is -0.364 e. The lowest BCUT2D eigenvalue weighted by Gasteiger charge is -2.11. The van der Waals surface area contributed by atoms with Crippen molar-refractivity contribution >= 4 is 39.1 Å². The molecule has 0 aliphatic carbocycles. The van der Waals surface area contributed by atoms with Crippen LogP contribution in [0.5, 0.6) is 0 Å². The number of hydrogen-bond donors (Lipinski definition) is 2. The number of amides is 2. The largest absolute Gasteiger partial charge is 0.364 e. The van der Waals surface area contributed by atoms with E-state index in [1.54, 1.807) is 25.3 Å². The predicted molar refractivity (Wildman–Crippen MR) is 114 cm³/mol. The van der Waals surface area contributed by atoms with Crippen molar-refractivity contribution in [1.29, 1.82) is 0 Å². The summed E-state index contributed by atoms with van der Waals surface area (Å²) in [5, 5.41) is 9.07. The topological polar surface area (TPSA) is 94.9 Å². The summed E-state index contributed by atoms with van der Waals surface area (Å²) >= 11 is 1.59. The van der Waals surface area contributed by atoms with Gasteiger partial charge in [0.2, 0.25) is 0 Å². The Morgan fingerprint density at radius 1 is 1.21 bits per heavy atom. The van der Waals surface area contributed by atoms with Crippen molar-refractivity contribution in [2.75, 3.05) is 5.32 Å². The Kier molecular flexibility index (Phi) is 4.94. The molecule has 2 amide bonds. The minimum absolute atomic E-state index is 0.181. The monoisotopic (exact) mass is 407 g/mol. The first-order valence-corrected chi connectivity index (χ1v) is 10.1. The van der Waals surface area contributed by atoms with Gasteiger partial charge in [0.25, 0.3) is 11.8 Å². The van der Waals surface area contributed by atoms with E-state index in [-0.39, 0.29) is 11.6 Å². The van der Waals surface area contributed by atoms with E-state index in [2.05, 4.69) is 22.5 Å². The fourth-order valence-corrected chi connectivity index (χ4v) is 4.38. The van der Waals surface area contributed by atoms with Gasteiger partial charge in [-0.2, -0.15) is 5.10 Å². The first-order chi connectivity index (χ1) is 14.0. The van der Waals surface area contributed by atoms with Gasteiger partial charge < -0.3 is 15.6 Å². The smallest absolute Gasteiger partial charge is 0.272 e. The first kappa shape index (κ1) is 18.9. The number of carbonyl (C=O) groups is 2. The molecular formula is C21H21N5O2S. The third-order valence-corrected chi connectivity index (χ3v) is 5.77. The first-order valence-electron chi connectivity index (χ1n) is 9.21. The molecule has 0 saturated carbocycles. The van der Waals surface area contributed by atoms with Gasteiger partial charge in [0, 0.05) is 13.6 Å². The maximum Gasteiger partial charge on any atom is 0.272 e. The number of aromatic nitrogens is 3. The van der Waals surface area contributed by atoms with Crippen molar-refractivity contribution in [3.8, 4) is 0 Å². The number of benzene rings is 1. The number of hydrogen-bond acceptors (Lipinski definition) is 4. The second-order valence-electron chi connectivity index (χ2n) is 6.84. The van der Waals surface area contributed by atoms with Gasteiger partial charge in [-0.25, -0.2) is 0 Å². The van der Waals surface area contributed by atoms with Gasteiger partial charge in [0.05, 0.1) is 21.6 Å². The number of nitrogens with zero attached hydrogens (tertiary/aromatic N) is 3. The van der Waals surface area contributed by atoms with Crippen LogP contribution >= 0.6 is 11.3 Å². The molecule has 0 aliphatic rings. The number of aryl methyl sites for hydroxylation is 4. The van der Waals surface area contributed by atoms with E-state index in [0.29, 0.717) is 23.6 Å². The van der Waals surface area contributed by atoms with Crippen molar-refractivity contribution < 1.29 is 9.59 Å². The molecule has 0 unspecified atom stereocenters. The standard InChI is InChI=1S/C21H21N5O2S/c1-13-18(19(20(22)27)25(2)24-13)23-21(28)16-12-17-15(9-11-29-17)26(16)10-8-14-6-4-3-5-7-14/h3-7,9,11-12H,8,10H2,1-2H3,(H2,22,27)(H,23,28). The molecule has 0 bridgehead atoms. The highest BCUT2D eigenvalue weighted by atomic mass is 32.1. The molecule has 29 heavy (non-hydrogen) atoms. The highest BCUT2D eigenvalue weighted by Gasteiger charge is 2.23. The Labute approximate surface area is 171 Å². The quantitative estimate of drug-likeness (QED) is 0.513. The minimum atomic E-state index is -0.635. The molecule has 4 rings (SSSR count). The molecule has 3 heterocycles. The molecule has 1 aromatic carbocycles. The number of rotatable bonds is 6. The lowest BCUT2D eigenvalue weighted by molar-refractivity contribution is 0.0992. The normalized spacial score (nSPS) is 11.1. The zero-order valence-electron chi connectivity index (χ0n) is 16.2. The van der Waals surface area contributed by atoms with Crippen molar-refractivity contribution in [2.45, 2.75) is 19.9 Å². The molecular weight excluding hydrogens is 386 g/mol. The van der Waals surface area contributed by atoms with Crippen LogP contribution < -0.4 is 11.1 Å². The van der Waals surface area contributed by atoms with Crippen LogP contribution in [0.1, 0.15) is 32.2 Å². The predicted octanol–water partition coefficient (Wildman–Crippen LogP) is 3.34. The molecule has 8 heteroatoms. The number of fused-ring (bicyclic) bond motifs is 1. The number of primary amides is 1.